The van der Waals surface area contributed by atoms with E-state index in [1.165, 1.54) is 0 Å². The molecule has 23 heavy (non-hydrogen) atoms. The van der Waals surface area contributed by atoms with Crippen LogP contribution in [-0.4, -0.2) is 70.8 Å². The second kappa shape index (κ2) is 10.00. The minimum Gasteiger partial charge on any atom is -0.483 e. The second-order valence-electron chi connectivity index (χ2n) is 4.38. The maximum atomic E-state index is 12.2. The number of hydrogen-bond acceptors (Lipinski definition) is 7. The van der Waals surface area contributed by atoms with E-state index in [2.05, 4.69) is 25.5 Å². The molecule has 1 amide bonds. The smallest absolute Gasteiger partial charge is 0.290 e. The summed E-state index contributed by atoms with van der Waals surface area (Å²) in [6.45, 7) is 2.47. The van der Waals surface area contributed by atoms with E-state index in [9.17, 15) is 4.79 Å². The van der Waals surface area contributed by atoms with Gasteiger partial charge in [0.25, 0.3) is 6.47 Å². The summed E-state index contributed by atoms with van der Waals surface area (Å²) in [6, 6.07) is 0. The standard InChI is InChI=1S/C11H17N7O2.CH2O2/c1-9-14-15-16-18(9)5-2-11(20)17(6-7-19)8-10-12-3-4-13-10;2-1-3/h3-4,19H,2,5-8H2,1H3,(H,12,13);1H,(H,2,3). The quantitative estimate of drug-likeness (QED) is 0.538. The normalized spacial score (nSPS) is 9.83. The fraction of sp³-hybridized carbons (Fsp3) is 0.500. The van der Waals surface area contributed by atoms with Gasteiger partial charge < -0.3 is 20.1 Å². The molecular weight excluding hydrogens is 306 g/mol. The Morgan fingerprint density at radius 1 is 1.52 bits per heavy atom. The Labute approximate surface area is 131 Å². The number of nitrogens with zero attached hydrogens (tertiary/aromatic N) is 6. The molecule has 0 radical (unpaired) electrons. The number of H-pyrrole nitrogens is 1. The number of rotatable bonds is 7. The lowest BCUT2D eigenvalue weighted by Crippen LogP contribution is -2.34. The predicted molar refractivity (Wildman–Crippen MR) is 77.0 cm³/mol. The monoisotopic (exact) mass is 325 g/mol. The highest BCUT2D eigenvalue weighted by Crippen LogP contribution is 2.03. The maximum Gasteiger partial charge on any atom is 0.290 e. The van der Waals surface area contributed by atoms with Gasteiger partial charge in [-0.3, -0.25) is 9.59 Å². The number of aliphatic hydroxyl groups excluding tert-OH is 1. The third-order valence-electron chi connectivity index (χ3n) is 2.87. The van der Waals surface area contributed by atoms with Crippen molar-refractivity contribution in [2.24, 2.45) is 0 Å². The van der Waals surface area contributed by atoms with E-state index in [1.807, 2.05) is 0 Å². The highest BCUT2D eigenvalue weighted by Gasteiger charge is 2.15. The molecule has 0 fully saturated rings. The molecule has 0 aromatic carbocycles. The third kappa shape index (κ3) is 6.22. The zero-order valence-electron chi connectivity index (χ0n) is 12.7. The lowest BCUT2D eigenvalue weighted by Gasteiger charge is -2.20. The third-order valence-corrected chi connectivity index (χ3v) is 2.87. The number of imidazole rings is 1. The lowest BCUT2D eigenvalue weighted by molar-refractivity contribution is -0.132. The minimum absolute atomic E-state index is 0.0784. The molecule has 2 aromatic heterocycles. The fourth-order valence-corrected chi connectivity index (χ4v) is 1.79. The van der Waals surface area contributed by atoms with Crippen LogP contribution < -0.4 is 0 Å². The average molecular weight is 325 g/mol. The van der Waals surface area contributed by atoms with Crippen LogP contribution in [0.5, 0.6) is 0 Å². The van der Waals surface area contributed by atoms with Crippen molar-refractivity contribution < 1.29 is 19.8 Å². The van der Waals surface area contributed by atoms with Crippen molar-refractivity contribution in [3.63, 3.8) is 0 Å². The SMILES string of the molecule is Cc1nnnn1CCC(=O)N(CCO)Cc1ncc[nH]1.O=CO. The molecule has 11 heteroatoms. The highest BCUT2D eigenvalue weighted by atomic mass is 16.3. The molecule has 11 nitrogen and oxygen atoms in total. The largest absolute Gasteiger partial charge is 0.483 e. The Morgan fingerprint density at radius 3 is 2.78 bits per heavy atom. The molecule has 0 aliphatic rings. The molecule has 2 heterocycles. The van der Waals surface area contributed by atoms with E-state index in [4.69, 9.17) is 15.0 Å². The van der Waals surface area contributed by atoms with Gasteiger partial charge in [-0.2, -0.15) is 0 Å². The summed E-state index contributed by atoms with van der Waals surface area (Å²) in [5.41, 5.74) is 0. The molecule has 2 rings (SSSR count). The van der Waals surface area contributed by atoms with Gasteiger partial charge in [0.15, 0.2) is 0 Å². The number of amides is 1. The van der Waals surface area contributed by atoms with Gasteiger partial charge in [0, 0.05) is 25.4 Å². The van der Waals surface area contributed by atoms with Crippen LogP contribution in [0.3, 0.4) is 0 Å². The van der Waals surface area contributed by atoms with Gasteiger partial charge in [0.2, 0.25) is 5.91 Å². The summed E-state index contributed by atoms with van der Waals surface area (Å²) in [4.78, 5) is 29.1. The molecule has 0 unspecified atom stereocenters. The number of nitrogens with one attached hydrogen (secondary N) is 1. The Hall–Kier alpha value is -2.82. The number of aliphatic hydroxyl groups is 1. The Bertz CT molecular complexity index is 584. The zero-order chi connectivity index (χ0) is 17.1. The molecular formula is C12H19N7O4. The number of aromatic amines is 1. The molecule has 0 bridgehead atoms. The molecule has 0 saturated heterocycles. The van der Waals surface area contributed by atoms with Crippen molar-refractivity contribution in [1.29, 1.82) is 0 Å². The second-order valence-corrected chi connectivity index (χ2v) is 4.38. The van der Waals surface area contributed by atoms with Gasteiger partial charge >= 0.3 is 0 Å². The summed E-state index contributed by atoms with van der Waals surface area (Å²) in [5, 5.41) is 27.0. The number of aromatic nitrogens is 6. The summed E-state index contributed by atoms with van der Waals surface area (Å²) in [7, 11) is 0. The highest BCUT2D eigenvalue weighted by molar-refractivity contribution is 5.76. The van der Waals surface area contributed by atoms with Gasteiger partial charge in [-0.15, -0.1) is 5.10 Å². The predicted octanol–water partition coefficient (Wildman–Crippen LogP) is -1.18. The fourth-order valence-electron chi connectivity index (χ4n) is 1.79. The zero-order valence-corrected chi connectivity index (χ0v) is 12.7. The first-order valence-corrected chi connectivity index (χ1v) is 6.79. The topological polar surface area (TPSA) is 150 Å². The first-order valence-electron chi connectivity index (χ1n) is 6.79. The van der Waals surface area contributed by atoms with Crippen LogP contribution in [0.15, 0.2) is 12.4 Å². The molecule has 0 saturated carbocycles. The summed E-state index contributed by atoms with van der Waals surface area (Å²) >= 11 is 0. The molecule has 0 atom stereocenters. The van der Waals surface area contributed by atoms with Crippen LogP contribution in [-0.2, 0) is 22.7 Å². The van der Waals surface area contributed by atoms with E-state index in [-0.39, 0.29) is 32.0 Å². The van der Waals surface area contributed by atoms with E-state index in [1.54, 1.807) is 28.9 Å². The Morgan fingerprint density at radius 2 is 2.26 bits per heavy atom. The maximum absolute atomic E-state index is 12.2. The van der Waals surface area contributed by atoms with Crippen molar-refractivity contribution in [2.75, 3.05) is 13.2 Å². The molecule has 2 aromatic rings. The lowest BCUT2D eigenvalue weighted by atomic mass is 10.3. The van der Waals surface area contributed by atoms with Crippen LogP contribution in [0.25, 0.3) is 0 Å². The minimum atomic E-state index is -0.250. The number of aryl methyl sites for hydroxylation is 2. The Kier molecular flexibility index (Phi) is 7.92. The van der Waals surface area contributed by atoms with Crippen molar-refractivity contribution in [1.82, 2.24) is 35.1 Å². The number of tetrazole rings is 1. The Balaban J connectivity index is 0.000000816. The van der Waals surface area contributed by atoms with Crippen LogP contribution >= 0.6 is 0 Å². The molecule has 3 N–H and O–H groups in total. The summed E-state index contributed by atoms with van der Waals surface area (Å²) in [5.74, 6) is 1.27. The van der Waals surface area contributed by atoms with Gasteiger partial charge in [-0.05, 0) is 17.4 Å². The summed E-state index contributed by atoms with van der Waals surface area (Å²) in [6.07, 6.45) is 3.59. The molecule has 0 spiro atoms. The van der Waals surface area contributed by atoms with Crippen LogP contribution in [0, 0.1) is 6.92 Å². The van der Waals surface area contributed by atoms with Gasteiger partial charge in [-0.25, -0.2) is 9.67 Å². The first kappa shape index (κ1) is 18.2. The number of carboxylic acid groups (broad SMARTS) is 1. The van der Waals surface area contributed by atoms with Crippen molar-refractivity contribution in [3.8, 4) is 0 Å². The molecule has 126 valence electrons. The van der Waals surface area contributed by atoms with Crippen molar-refractivity contribution in [3.05, 3.63) is 24.0 Å². The van der Waals surface area contributed by atoms with Gasteiger partial charge in [0.05, 0.1) is 19.7 Å². The van der Waals surface area contributed by atoms with E-state index >= 15 is 0 Å². The number of carbonyl (C=O) groups excluding carboxylic acids is 1. The number of hydrogen-bond donors (Lipinski definition) is 3. The van der Waals surface area contributed by atoms with Gasteiger partial charge in [-0.1, -0.05) is 0 Å². The van der Waals surface area contributed by atoms with Crippen LogP contribution in [0.1, 0.15) is 18.1 Å². The first-order chi connectivity index (χ1) is 11.1. The van der Waals surface area contributed by atoms with Gasteiger partial charge in [0.1, 0.15) is 11.6 Å². The number of carbonyl (C=O) groups is 2. The van der Waals surface area contributed by atoms with Crippen LogP contribution in [0.2, 0.25) is 0 Å². The van der Waals surface area contributed by atoms with E-state index in [0.717, 1.165) is 0 Å². The van der Waals surface area contributed by atoms with Crippen molar-refractivity contribution in [2.45, 2.75) is 26.4 Å². The summed E-state index contributed by atoms with van der Waals surface area (Å²) < 4.78 is 1.57. The average Bonchev–Trinajstić information content (AvgIpc) is 3.17. The van der Waals surface area contributed by atoms with Crippen LogP contribution in [0.4, 0.5) is 0 Å². The van der Waals surface area contributed by atoms with E-state index < -0.39 is 0 Å². The van der Waals surface area contributed by atoms with Crippen molar-refractivity contribution >= 4 is 12.4 Å². The molecule has 0 aliphatic heterocycles. The molecule has 0 aliphatic carbocycles. The van der Waals surface area contributed by atoms with E-state index in [0.29, 0.717) is 24.7 Å².